The standard InChI is InChI=1S/C18H24N4O4S/c1-20-14-15(13-19-20)3-8-18(23)21-9-11-22(12-10-21)27(24,25)17-6-4-16(26-2)5-7-17/h4-7,13-14H,3,8-12H2,1-2H3. The Morgan fingerprint density at radius 1 is 1.15 bits per heavy atom. The van der Waals surface area contributed by atoms with Crippen LogP contribution >= 0.6 is 0 Å². The van der Waals surface area contributed by atoms with E-state index in [-0.39, 0.29) is 10.8 Å². The van der Waals surface area contributed by atoms with Gasteiger partial charge in [0, 0.05) is 45.8 Å². The number of methoxy groups -OCH3 is 1. The van der Waals surface area contributed by atoms with Crippen LogP contribution in [0.1, 0.15) is 12.0 Å². The number of hydrogen-bond acceptors (Lipinski definition) is 5. The molecule has 8 nitrogen and oxygen atoms in total. The number of sulfonamides is 1. The highest BCUT2D eigenvalue weighted by molar-refractivity contribution is 7.89. The highest BCUT2D eigenvalue weighted by Gasteiger charge is 2.30. The Morgan fingerprint density at radius 2 is 1.81 bits per heavy atom. The lowest BCUT2D eigenvalue weighted by atomic mass is 10.2. The monoisotopic (exact) mass is 392 g/mol. The van der Waals surface area contributed by atoms with E-state index >= 15 is 0 Å². The Balaban J connectivity index is 1.54. The fourth-order valence-electron chi connectivity index (χ4n) is 3.08. The summed E-state index contributed by atoms with van der Waals surface area (Å²) in [6, 6.07) is 6.34. The van der Waals surface area contributed by atoms with Gasteiger partial charge in [-0.2, -0.15) is 9.40 Å². The van der Waals surface area contributed by atoms with Crippen LogP contribution in [0.15, 0.2) is 41.6 Å². The Kier molecular flexibility index (Phi) is 5.81. The van der Waals surface area contributed by atoms with Crippen LogP contribution in [0.4, 0.5) is 0 Å². The number of nitrogens with zero attached hydrogens (tertiary/aromatic N) is 4. The van der Waals surface area contributed by atoms with Crippen LogP contribution in [0.2, 0.25) is 0 Å². The normalized spacial score (nSPS) is 15.7. The molecule has 3 rings (SSSR count). The van der Waals surface area contributed by atoms with Gasteiger partial charge in [0.1, 0.15) is 5.75 Å². The minimum Gasteiger partial charge on any atom is -0.497 e. The minimum absolute atomic E-state index is 0.0420. The third-order valence-corrected chi connectivity index (χ3v) is 6.59. The molecule has 1 aromatic carbocycles. The summed E-state index contributed by atoms with van der Waals surface area (Å²) in [7, 11) is -0.183. The summed E-state index contributed by atoms with van der Waals surface area (Å²) in [5, 5.41) is 4.09. The van der Waals surface area contributed by atoms with Crippen molar-refractivity contribution in [2.45, 2.75) is 17.7 Å². The summed E-state index contributed by atoms with van der Waals surface area (Å²) < 4.78 is 33.7. The summed E-state index contributed by atoms with van der Waals surface area (Å²) in [6.45, 7) is 1.41. The SMILES string of the molecule is COc1ccc(S(=O)(=O)N2CCN(C(=O)CCc3cnn(C)c3)CC2)cc1. The van der Waals surface area contributed by atoms with E-state index in [1.54, 1.807) is 40.0 Å². The van der Waals surface area contributed by atoms with Gasteiger partial charge in [0.25, 0.3) is 0 Å². The zero-order valence-corrected chi connectivity index (χ0v) is 16.4. The van der Waals surface area contributed by atoms with Gasteiger partial charge in [-0.25, -0.2) is 8.42 Å². The molecule has 1 aliphatic heterocycles. The molecule has 1 saturated heterocycles. The largest absolute Gasteiger partial charge is 0.497 e. The molecular formula is C18H24N4O4S. The number of piperazine rings is 1. The minimum atomic E-state index is -3.56. The Morgan fingerprint density at radius 3 is 2.37 bits per heavy atom. The number of ether oxygens (including phenoxy) is 1. The highest BCUT2D eigenvalue weighted by Crippen LogP contribution is 2.21. The van der Waals surface area contributed by atoms with Crippen molar-refractivity contribution in [1.29, 1.82) is 0 Å². The molecule has 0 aliphatic carbocycles. The lowest BCUT2D eigenvalue weighted by Gasteiger charge is -2.34. The maximum Gasteiger partial charge on any atom is 0.243 e. The van der Waals surface area contributed by atoms with Crippen molar-refractivity contribution in [2.24, 2.45) is 7.05 Å². The van der Waals surface area contributed by atoms with Crippen molar-refractivity contribution < 1.29 is 17.9 Å². The van der Waals surface area contributed by atoms with E-state index in [1.165, 1.54) is 11.4 Å². The lowest BCUT2D eigenvalue weighted by molar-refractivity contribution is -0.132. The Bertz CT molecular complexity index is 884. The van der Waals surface area contributed by atoms with Crippen LogP contribution in [0.5, 0.6) is 5.75 Å². The van der Waals surface area contributed by atoms with Gasteiger partial charge in [-0.1, -0.05) is 0 Å². The second-order valence-corrected chi connectivity index (χ2v) is 8.42. The molecule has 0 N–H and O–H groups in total. The van der Waals surface area contributed by atoms with Gasteiger partial charge in [0.2, 0.25) is 15.9 Å². The number of aromatic nitrogens is 2. The average Bonchev–Trinajstić information content (AvgIpc) is 3.11. The van der Waals surface area contributed by atoms with Crippen molar-refractivity contribution in [2.75, 3.05) is 33.3 Å². The van der Waals surface area contributed by atoms with Crippen LogP contribution in [-0.2, 0) is 28.3 Å². The molecule has 0 bridgehead atoms. The van der Waals surface area contributed by atoms with Crippen LogP contribution in [-0.4, -0.2) is 66.6 Å². The maximum atomic E-state index is 12.7. The van der Waals surface area contributed by atoms with Crippen molar-refractivity contribution >= 4 is 15.9 Å². The highest BCUT2D eigenvalue weighted by atomic mass is 32.2. The third kappa shape index (κ3) is 4.48. The van der Waals surface area contributed by atoms with Gasteiger partial charge >= 0.3 is 0 Å². The number of rotatable bonds is 6. The fourth-order valence-corrected chi connectivity index (χ4v) is 4.51. The first kappa shape index (κ1) is 19.4. The van der Waals surface area contributed by atoms with Gasteiger partial charge in [0.05, 0.1) is 18.2 Å². The molecule has 0 atom stereocenters. The lowest BCUT2D eigenvalue weighted by Crippen LogP contribution is -2.50. The molecule has 1 aromatic heterocycles. The Labute approximate surface area is 159 Å². The third-order valence-electron chi connectivity index (χ3n) is 4.67. The van der Waals surface area contributed by atoms with Gasteiger partial charge in [-0.3, -0.25) is 9.48 Å². The van der Waals surface area contributed by atoms with Crippen molar-refractivity contribution in [3.8, 4) is 5.75 Å². The smallest absolute Gasteiger partial charge is 0.243 e. The first-order chi connectivity index (χ1) is 12.9. The average molecular weight is 392 g/mol. The molecule has 27 heavy (non-hydrogen) atoms. The van der Waals surface area contributed by atoms with E-state index in [2.05, 4.69) is 5.10 Å². The molecule has 1 amide bonds. The van der Waals surface area contributed by atoms with Crippen molar-refractivity contribution in [3.63, 3.8) is 0 Å². The van der Waals surface area contributed by atoms with E-state index in [0.29, 0.717) is 44.8 Å². The summed E-state index contributed by atoms with van der Waals surface area (Å²) in [6.07, 6.45) is 4.69. The topological polar surface area (TPSA) is 84.7 Å². The van der Waals surface area contributed by atoms with E-state index < -0.39 is 10.0 Å². The summed E-state index contributed by atoms with van der Waals surface area (Å²) in [5.74, 6) is 0.651. The molecule has 1 aliphatic rings. The van der Waals surface area contributed by atoms with Gasteiger partial charge < -0.3 is 9.64 Å². The van der Waals surface area contributed by atoms with Crippen LogP contribution < -0.4 is 4.74 Å². The van der Waals surface area contributed by atoms with Crippen LogP contribution in [0.3, 0.4) is 0 Å². The molecule has 1 fully saturated rings. The van der Waals surface area contributed by atoms with E-state index in [1.807, 2.05) is 13.2 Å². The second kappa shape index (κ2) is 8.10. The quantitative estimate of drug-likeness (QED) is 0.729. The zero-order valence-electron chi connectivity index (χ0n) is 15.5. The predicted octanol–water partition coefficient (Wildman–Crippen LogP) is 0.894. The van der Waals surface area contributed by atoms with Gasteiger partial charge in [-0.15, -0.1) is 0 Å². The molecular weight excluding hydrogens is 368 g/mol. The molecule has 0 spiro atoms. The summed E-state index contributed by atoms with van der Waals surface area (Å²) in [4.78, 5) is 14.4. The number of hydrogen-bond donors (Lipinski definition) is 0. The number of benzene rings is 1. The summed E-state index contributed by atoms with van der Waals surface area (Å²) >= 11 is 0. The van der Waals surface area contributed by atoms with Crippen molar-refractivity contribution in [1.82, 2.24) is 19.0 Å². The number of carbonyl (C=O) groups excluding carboxylic acids is 1. The molecule has 2 heterocycles. The first-order valence-electron chi connectivity index (χ1n) is 8.79. The number of carbonyl (C=O) groups is 1. The summed E-state index contributed by atoms with van der Waals surface area (Å²) in [5.41, 5.74) is 1.02. The molecule has 9 heteroatoms. The fraction of sp³-hybridized carbons (Fsp3) is 0.444. The maximum absolute atomic E-state index is 12.7. The predicted molar refractivity (Wildman–Crippen MR) is 99.9 cm³/mol. The molecule has 2 aromatic rings. The zero-order chi connectivity index (χ0) is 19.4. The number of amides is 1. The molecule has 0 unspecified atom stereocenters. The van der Waals surface area contributed by atoms with Crippen LogP contribution in [0.25, 0.3) is 0 Å². The molecule has 0 saturated carbocycles. The van der Waals surface area contributed by atoms with E-state index in [0.717, 1.165) is 5.56 Å². The van der Waals surface area contributed by atoms with Crippen LogP contribution in [0, 0.1) is 0 Å². The molecule has 0 radical (unpaired) electrons. The Hall–Kier alpha value is -2.39. The van der Waals surface area contributed by atoms with Gasteiger partial charge in [0.15, 0.2) is 0 Å². The number of aryl methyl sites for hydroxylation is 2. The van der Waals surface area contributed by atoms with E-state index in [9.17, 15) is 13.2 Å². The molecule has 146 valence electrons. The van der Waals surface area contributed by atoms with Gasteiger partial charge in [-0.05, 0) is 36.2 Å². The van der Waals surface area contributed by atoms with Crippen molar-refractivity contribution in [3.05, 3.63) is 42.2 Å². The second-order valence-electron chi connectivity index (χ2n) is 6.48. The first-order valence-corrected chi connectivity index (χ1v) is 10.2. The van der Waals surface area contributed by atoms with E-state index in [4.69, 9.17) is 4.74 Å².